The van der Waals surface area contributed by atoms with Gasteiger partial charge in [-0.15, -0.1) is 24.8 Å². The highest BCUT2D eigenvalue weighted by atomic mass is 35.5. The fourth-order valence-electron chi connectivity index (χ4n) is 3.79. The molecule has 1 unspecified atom stereocenters. The van der Waals surface area contributed by atoms with Gasteiger partial charge in [0.2, 0.25) is 17.7 Å². The van der Waals surface area contributed by atoms with Crippen molar-refractivity contribution in [3.8, 4) is 0 Å². The lowest BCUT2D eigenvalue weighted by molar-refractivity contribution is -0.136. The SMILES string of the molecule is CN(C(=O)CNc1cccc2c1C(=O)N(C1CCC(=O)NC1=O)C2=O)c1ccc(N)cc1.Cl.Cl. The number of piperidine rings is 1. The second kappa shape index (κ2) is 10.5. The molecule has 10 nitrogen and oxygen atoms in total. The van der Waals surface area contributed by atoms with Crippen molar-refractivity contribution in [1.82, 2.24) is 10.2 Å². The first-order valence-electron chi connectivity index (χ1n) is 9.98. The summed E-state index contributed by atoms with van der Waals surface area (Å²) in [6, 6.07) is 10.4. The van der Waals surface area contributed by atoms with Gasteiger partial charge in [0.15, 0.2) is 0 Å². The lowest BCUT2D eigenvalue weighted by Crippen LogP contribution is -2.54. The number of rotatable bonds is 5. The van der Waals surface area contributed by atoms with Gasteiger partial charge in [0.25, 0.3) is 11.8 Å². The van der Waals surface area contributed by atoms with Gasteiger partial charge >= 0.3 is 0 Å². The number of fused-ring (bicyclic) bond motifs is 1. The minimum absolute atomic E-state index is 0. The van der Waals surface area contributed by atoms with E-state index in [1.54, 1.807) is 43.4 Å². The summed E-state index contributed by atoms with van der Waals surface area (Å²) in [6.45, 7) is -0.128. The van der Waals surface area contributed by atoms with Crippen LogP contribution in [0.4, 0.5) is 17.1 Å². The van der Waals surface area contributed by atoms with E-state index in [1.165, 1.54) is 11.0 Å². The van der Waals surface area contributed by atoms with Crippen LogP contribution in [0.2, 0.25) is 0 Å². The third kappa shape index (κ3) is 4.82. The summed E-state index contributed by atoms with van der Waals surface area (Å²) in [4.78, 5) is 64.5. The zero-order valence-electron chi connectivity index (χ0n) is 18.1. The number of nitrogens with one attached hydrogen (secondary N) is 2. The summed E-state index contributed by atoms with van der Waals surface area (Å²) >= 11 is 0. The van der Waals surface area contributed by atoms with E-state index in [4.69, 9.17) is 5.73 Å². The molecule has 5 amide bonds. The van der Waals surface area contributed by atoms with Gasteiger partial charge in [-0.1, -0.05) is 6.07 Å². The third-order valence-electron chi connectivity index (χ3n) is 5.55. The van der Waals surface area contributed by atoms with Gasteiger partial charge in [-0.3, -0.25) is 34.2 Å². The van der Waals surface area contributed by atoms with Crippen molar-refractivity contribution < 1.29 is 24.0 Å². The van der Waals surface area contributed by atoms with Crippen LogP contribution in [0, 0.1) is 0 Å². The first-order valence-corrected chi connectivity index (χ1v) is 9.98. The van der Waals surface area contributed by atoms with Crippen molar-refractivity contribution in [3.05, 3.63) is 53.6 Å². The van der Waals surface area contributed by atoms with Gasteiger partial charge in [-0.2, -0.15) is 0 Å². The average Bonchev–Trinajstić information content (AvgIpc) is 3.03. The molecule has 2 heterocycles. The Morgan fingerprint density at radius 2 is 1.76 bits per heavy atom. The van der Waals surface area contributed by atoms with Crippen molar-refractivity contribution in [2.75, 3.05) is 29.5 Å². The van der Waals surface area contributed by atoms with Crippen molar-refractivity contribution in [1.29, 1.82) is 0 Å². The van der Waals surface area contributed by atoms with Crippen LogP contribution < -0.4 is 21.3 Å². The molecule has 1 fully saturated rings. The maximum Gasteiger partial charge on any atom is 0.264 e. The predicted octanol–water partition coefficient (Wildman–Crippen LogP) is 1.59. The Morgan fingerprint density at radius 3 is 2.41 bits per heavy atom. The average molecular weight is 508 g/mol. The van der Waals surface area contributed by atoms with Gasteiger partial charge < -0.3 is 16.0 Å². The van der Waals surface area contributed by atoms with E-state index in [2.05, 4.69) is 10.6 Å². The number of hydrogen-bond donors (Lipinski definition) is 3. The molecule has 0 radical (unpaired) electrons. The quantitative estimate of drug-likeness (QED) is 0.411. The monoisotopic (exact) mass is 507 g/mol. The molecule has 4 N–H and O–H groups in total. The summed E-state index contributed by atoms with van der Waals surface area (Å²) < 4.78 is 0. The van der Waals surface area contributed by atoms with Gasteiger partial charge in [0.05, 0.1) is 17.7 Å². The summed E-state index contributed by atoms with van der Waals surface area (Å²) in [6.07, 6.45) is 0.116. The highest BCUT2D eigenvalue weighted by molar-refractivity contribution is 6.25. The Kier molecular flexibility index (Phi) is 8.25. The van der Waals surface area contributed by atoms with Crippen LogP contribution in [0.5, 0.6) is 0 Å². The largest absolute Gasteiger partial charge is 0.399 e. The maximum atomic E-state index is 13.1. The number of anilines is 3. The fourth-order valence-corrected chi connectivity index (χ4v) is 3.79. The molecule has 2 aliphatic rings. The Balaban J connectivity index is 0.00000204. The van der Waals surface area contributed by atoms with Crippen LogP contribution in [0.15, 0.2) is 42.5 Å². The van der Waals surface area contributed by atoms with Crippen molar-refractivity contribution in [2.24, 2.45) is 0 Å². The molecule has 2 aromatic rings. The van der Waals surface area contributed by atoms with E-state index in [0.29, 0.717) is 17.1 Å². The molecular weight excluding hydrogens is 485 g/mol. The summed E-state index contributed by atoms with van der Waals surface area (Å²) in [5.41, 5.74) is 7.46. The predicted molar refractivity (Wildman–Crippen MR) is 130 cm³/mol. The Morgan fingerprint density at radius 1 is 1.09 bits per heavy atom. The first-order chi connectivity index (χ1) is 15.3. The minimum Gasteiger partial charge on any atom is -0.399 e. The molecule has 0 aromatic heterocycles. The lowest BCUT2D eigenvalue weighted by atomic mass is 10.0. The third-order valence-corrected chi connectivity index (χ3v) is 5.55. The molecule has 4 rings (SSSR count). The van der Waals surface area contributed by atoms with E-state index in [9.17, 15) is 24.0 Å². The summed E-state index contributed by atoms with van der Waals surface area (Å²) in [7, 11) is 1.62. The number of nitrogens with two attached hydrogens (primary N) is 1. The summed E-state index contributed by atoms with van der Waals surface area (Å²) in [5, 5.41) is 5.09. The first kappa shape index (κ1) is 26.6. The fraction of sp³-hybridized carbons (Fsp3) is 0.227. The molecule has 0 saturated carbocycles. The molecule has 0 bridgehead atoms. The van der Waals surface area contributed by atoms with Crippen LogP contribution in [-0.2, 0) is 14.4 Å². The maximum absolute atomic E-state index is 13.1. The number of nitrogens with zero attached hydrogens (tertiary/aromatic N) is 2. The zero-order valence-corrected chi connectivity index (χ0v) is 19.7. The molecule has 12 heteroatoms. The number of hydrogen-bond acceptors (Lipinski definition) is 7. The Bertz CT molecular complexity index is 1150. The molecule has 0 aliphatic carbocycles. The second-order valence-corrected chi connectivity index (χ2v) is 7.57. The van der Waals surface area contributed by atoms with Crippen LogP contribution in [-0.4, -0.2) is 54.1 Å². The number of imide groups is 2. The van der Waals surface area contributed by atoms with E-state index < -0.39 is 29.7 Å². The number of benzene rings is 2. The van der Waals surface area contributed by atoms with Crippen molar-refractivity contribution in [2.45, 2.75) is 18.9 Å². The smallest absolute Gasteiger partial charge is 0.264 e. The van der Waals surface area contributed by atoms with E-state index >= 15 is 0 Å². The van der Waals surface area contributed by atoms with Crippen LogP contribution in [0.25, 0.3) is 0 Å². The normalized spacial score (nSPS) is 16.7. The number of carbonyl (C=O) groups is 5. The highest BCUT2D eigenvalue weighted by Gasteiger charge is 2.45. The number of likely N-dealkylation sites (N-methyl/N-ethyl adjacent to an activating group) is 1. The number of carbonyl (C=O) groups excluding carboxylic acids is 5. The standard InChI is InChI=1S/C22H21N5O5.2ClH/c1-26(13-7-5-12(23)6-8-13)18(29)11-24-15-4-2-3-14-19(15)22(32)27(21(14)31)16-9-10-17(28)25-20(16)30;;/h2-8,16,24H,9-11,23H2,1H3,(H,25,28,30);2*1H. The molecule has 180 valence electrons. The molecule has 1 saturated heterocycles. The molecule has 1 atom stereocenters. The van der Waals surface area contributed by atoms with Crippen LogP contribution in [0.3, 0.4) is 0 Å². The van der Waals surface area contributed by atoms with Gasteiger partial charge in [0, 0.05) is 30.5 Å². The molecule has 34 heavy (non-hydrogen) atoms. The van der Waals surface area contributed by atoms with Crippen molar-refractivity contribution in [3.63, 3.8) is 0 Å². The zero-order chi connectivity index (χ0) is 23.0. The van der Waals surface area contributed by atoms with Gasteiger partial charge in [-0.05, 0) is 42.8 Å². The lowest BCUT2D eigenvalue weighted by Gasteiger charge is -2.27. The van der Waals surface area contributed by atoms with E-state index in [0.717, 1.165) is 4.90 Å². The van der Waals surface area contributed by atoms with E-state index in [-0.39, 0.29) is 61.2 Å². The molecule has 2 aliphatic heterocycles. The van der Waals surface area contributed by atoms with Gasteiger partial charge in [-0.25, -0.2) is 0 Å². The molecule has 0 spiro atoms. The van der Waals surface area contributed by atoms with Crippen molar-refractivity contribution >= 4 is 71.4 Å². The van der Waals surface area contributed by atoms with Gasteiger partial charge in [0.1, 0.15) is 6.04 Å². The molecular formula is C22H23Cl2N5O5. The summed E-state index contributed by atoms with van der Waals surface area (Å²) in [5.74, 6) is -2.62. The number of nitrogen functional groups attached to an aromatic ring is 1. The van der Waals surface area contributed by atoms with E-state index in [1.807, 2.05) is 0 Å². The number of halogens is 2. The second-order valence-electron chi connectivity index (χ2n) is 7.57. The highest BCUT2D eigenvalue weighted by Crippen LogP contribution is 2.32. The molecule has 2 aromatic carbocycles. The topological polar surface area (TPSA) is 142 Å². The van der Waals surface area contributed by atoms with Crippen LogP contribution >= 0.6 is 24.8 Å². The minimum atomic E-state index is -1.05. The van der Waals surface area contributed by atoms with Crippen LogP contribution in [0.1, 0.15) is 33.6 Å². The number of amides is 5. The Labute approximate surface area is 207 Å². The Hall–Kier alpha value is -3.63.